The second-order valence-electron chi connectivity index (χ2n) is 5.90. The lowest BCUT2D eigenvalue weighted by Gasteiger charge is -2.23. The molecule has 0 unspecified atom stereocenters. The van der Waals surface area contributed by atoms with E-state index >= 15 is 0 Å². The number of carbonyl (C=O) groups is 1. The fraction of sp³-hybridized carbons (Fsp3) is 0.222. The SMILES string of the molecule is Cc1ccc(N(CC(=O)N/N=C\c2ccc(Cl)cc2)S(C)(=O)=O)c(C)c1. The molecule has 2 aromatic rings. The fourth-order valence-electron chi connectivity index (χ4n) is 2.36. The molecule has 0 aliphatic heterocycles. The van der Waals surface area contributed by atoms with Gasteiger partial charge in [-0.25, -0.2) is 13.8 Å². The van der Waals surface area contributed by atoms with Crippen LogP contribution in [-0.4, -0.2) is 33.3 Å². The Morgan fingerprint density at radius 1 is 1.19 bits per heavy atom. The molecule has 0 saturated carbocycles. The maximum absolute atomic E-state index is 12.1. The van der Waals surface area contributed by atoms with Gasteiger partial charge in [0.25, 0.3) is 5.91 Å². The Morgan fingerprint density at radius 2 is 1.85 bits per heavy atom. The number of hydrazone groups is 1. The highest BCUT2D eigenvalue weighted by Gasteiger charge is 2.22. The molecule has 8 heteroatoms. The first-order valence-electron chi connectivity index (χ1n) is 7.79. The van der Waals surface area contributed by atoms with E-state index in [1.165, 1.54) is 6.21 Å². The standard InChI is InChI=1S/C18H20ClN3O3S/c1-13-4-9-17(14(2)10-13)22(26(3,24)25)12-18(23)21-20-11-15-5-7-16(19)8-6-15/h4-11H,12H2,1-3H3,(H,21,23)/b20-11-. The van der Waals surface area contributed by atoms with E-state index in [0.29, 0.717) is 10.7 Å². The van der Waals surface area contributed by atoms with Crippen molar-refractivity contribution in [3.63, 3.8) is 0 Å². The van der Waals surface area contributed by atoms with E-state index in [2.05, 4.69) is 10.5 Å². The summed E-state index contributed by atoms with van der Waals surface area (Å²) in [7, 11) is -3.62. The zero-order valence-electron chi connectivity index (χ0n) is 14.7. The highest BCUT2D eigenvalue weighted by atomic mass is 35.5. The maximum atomic E-state index is 12.1. The molecule has 0 aliphatic rings. The van der Waals surface area contributed by atoms with Crippen LogP contribution in [-0.2, 0) is 14.8 Å². The lowest BCUT2D eigenvalue weighted by Crippen LogP contribution is -2.39. The van der Waals surface area contributed by atoms with Crippen molar-refractivity contribution in [2.45, 2.75) is 13.8 Å². The molecule has 0 saturated heterocycles. The van der Waals surface area contributed by atoms with Crippen LogP contribution < -0.4 is 9.73 Å². The topological polar surface area (TPSA) is 78.8 Å². The van der Waals surface area contributed by atoms with E-state index in [9.17, 15) is 13.2 Å². The lowest BCUT2D eigenvalue weighted by atomic mass is 10.1. The van der Waals surface area contributed by atoms with Gasteiger partial charge in [-0.15, -0.1) is 0 Å². The highest BCUT2D eigenvalue weighted by Crippen LogP contribution is 2.23. The number of rotatable bonds is 6. The first kappa shape index (κ1) is 19.9. The summed E-state index contributed by atoms with van der Waals surface area (Å²) in [6.45, 7) is 3.36. The maximum Gasteiger partial charge on any atom is 0.260 e. The van der Waals surface area contributed by atoms with Crippen LogP contribution in [0.1, 0.15) is 16.7 Å². The van der Waals surface area contributed by atoms with E-state index in [0.717, 1.165) is 27.3 Å². The van der Waals surface area contributed by atoms with Crippen molar-refractivity contribution in [2.75, 3.05) is 17.1 Å². The Hall–Kier alpha value is -2.38. The largest absolute Gasteiger partial charge is 0.271 e. The summed E-state index contributed by atoms with van der Waals surface area (Å²) >= 11 is 5.80. The molecule has 0 fully saturated rings. The molecule has 138 valence electrons. The first-order chi connectivity index (χ1) is 12.2. The minimum absolute atomic E-state index is 0.360. The zero-order chi connectivity index (χ0) is 19.3. The summed E-state index contributed by atoms with van der Waals surface area (Å²) < 4.78 is 25.3. The number of hydrogen-bond donors (Lipinski definition) is 1. The summed E-state index contributed by atoms with van der Waals surface area (Å²) in [6.07, 6.45) is 2.52. The number of amides is 1. The van der Waals surface area contributed by atoms with E-state index < -0.39 is 15.9 Å². The quantitative estimate of drug-likeness (QED) is 0.605. The van der Waals surface area contributed by atoms with Gasteiger partial charge in [-0.3, -0.25) is 9.10 Å². The number of carbonyl (C=O) groups excluding carboxylic acids is 1. The summed E-state index contributed by atoms with van der Waals surface area (Å²) in [5.41, 5.74) is 5.34. The Morgan fingerprint density at radius 3 is 2.42 bits per heavy atom. The molecule has 0 bridgehead atoms. The summed E-state index contributed by atoms with van der Waals surface area (Å²) in [5, 5.41) is 4.45. The monoisotopic (exact) mass is 393 g/mol. The van der Waals surface area contributed by atoms with Crippen LogP contribution in [0.5, 0.6) is 0 Å². The molecular formula is C18H20ClN3O3S. The van der Waals surface area contributed by atoms with Crippen molar-refractivity contribution < 1.29 is 13.2 Å². The number of hydrogen-bond acceptors (Lipinski definition) is 4. The molecule has 0 aromatic heterocycles. The van der Waals surface area contributed by atoms with Crippen LogP contribution in [0.25, 0.3) is 0 Å². The molecular weight excluding hydrogens is 374 g/mol. The third-order valence-electron chi connectivity index (χ3n) is 3.58. The molecule has 0 atom stereocenters. The lowest BCUT2D eigenvalue weighted by molar-refractivity contribution is -0.119. The molecule has 0 radical (unpaired) electrons. The van der Waals surface area contributed by atoms with Crippen molar-refractivity contribution in [3.8, 4) is 0 Å². The van der Waals surface area contributed by atoms with Gasteiger partial charge in [0, 0.05) is 5.02 Å². The number of benzene rings is 2. The summed E-state index contributed by atoms with van der Waals surface area (Å²) in [5.74, 6) is -0.541. The molecule has 0 aliphatic carbocycles. The first-order valence-corrected chi connectivity index (χ1v) is 10.0. The van der Waals surface area contributed by atoms with Crippen LogP contribution in [0.15, 0.2) is 47.6 Å². The number of nitrogens with zero attached hydrogens (tertiary/aromatic N) is 2. The minimum Gasteiger partial charge on any atom is -0.271 e. The van der Waals surface area contributed by atoms with Crippen LogP contribution in [0, 0.1) is 13.8 Å². The van der Waals surface area contributed by atoms with Gasteiger partial charge in [0.05, 0.1) is 18.2 Å². The van der Waals surface area contributed by atoms with Gasteiger partial charge in [-0.05, 0) is 43.2 Å². The fourth-order valence-corrected chi connectivity index (χ4v) is 3.40. The molecule has 2 rings (SSSR count). The van der Waals surface area contributed by atoms with E-state index in [1.807, 2.05) is 13.0 Å². The minimum atomic E-state index is -3.62. The van der Waals surface area contributed by atoms with Gasteiger partial charge in [0.2, 0.25) is 10.0 Å². The van der Waals surface area contributed by atoms with Gasteiger partial charge in [-0.2, -0.15) is 5.10 Å². The van der Waals surface area contributed by atoms with Gasteiger partial charge in [0.15, 0.2) is 0 Å². The van der Waals surface area contributed by atoms with Crippen molar-refractivity contribution in [1.82, 2.24) is 5.43 Å². The van der Waals surface area contributed by atoms with Crippen LogP contribution in [0.4, 0.5) is 5.69 Å². The third-order valence-corrected chi connectivity index (χ3v) is 4.96. The Kier molecular flexibility index (Phi) is 6.39. The number of halogens is 1. The van der Waals surface area contributed by atoms with Crippen molar-refractivity contribution in [2.24, 2.45) is 5.10 Å². The van der Waals surface area contributed by atoms with E-state index in [4.69, 9.17) is 11.6 Å². The zero-order valence-corrected chi connectivity index (χ0v) is 16.3. The van der Waals surface area contributed by atoms with Crippen LogP contribution in [0.2, 0.25) is 5.02 Å². The molecule has 0 spiro atoms. The summed E-state index contributed by atoms with van der Waals surface area (Å²) in [6, 6.07) is 12.3. The van der Waals surface area contributed by atoms with Gasteiger partial charge >= 0.3 is 0 Å². The smallest absolute Gasteiger partial charge is 0.260 e. The van der Waals surface area contributed by atoms with Gasteiger partial charge < -0.3 is 0 Å². The molecule has 2 aromatic carbocycles. The number of aryl methyl sites for hydroxylation is 2. The van der Waals surface area contributed by atoms with E-state index in [1.54, 1.807) is 43.3 Å². The summed E-state index contributed by atoms with van der Waals surface area (Å²) in [4.78, 5) is 12.1. The second kappa shape index (κ2) is 8.33. The van der Waals surface area contributed by atoms with Crippen LogP contribution in [0.3, 0.4) is 0 Å². The average Bonchev–Trinajstić information content (AvgIpc) is 2.54. The van der Waals surface area contributed by atoms with Crippen molar-refractivity contribution >= 4 is 39.4 Å². The normalized spacial score (nSPS) is 11.5. The molecule has 6 nitrogen and oxygen atoms in total. The predicted octanol–water partition coefficient (Wildman–Crippen LogP) is 2.87. The molecule has 1 amide bonds. The Bertz CT molecular complexity index is 925. The van der Waals surface area contributed by atoms with Crippen molar-refractivity contribution in [3.05, 3.63) is 64.2 Å². The Labute approximate surface area is 158 Å². The van der Waals surface area contributed by atoms with Gasteiger partial charge in [0.1, 0.15) is 6.54 Å². The molecule has 0 heterocycles. The second-order valence-corrected chi connectivity index (χ2v) is 8.25. The van der Waals surface area contributed by atoms with Crippen LogP contribution >= 0.6 is 11.6 Å². The number of nitrogens with one attached hydrogen (secondary N) is 1. The number of anilines is 1. The Balaban J connectivity index is 2.11. The van der Waals surface area contributed by atoms with Gasteiger partial charge in [-0.1, -0.05) is 41.4 Å². The third kappa shape index (κ3) is 5.57. The highest BCUT2D eigenvalue weighted by molar-refractivity contribution is 7.92. The average molecular weight is 394 g/mol. The van der Waals surface area contributed by atoms with E-state index in [-0.39, 0.29) is 6.54 Å². The predicted molar refractivity (Wildman–Crippen MR) is 105 cm³/mol. The number of sulfonamides is 1. The molecule has 1 N–H and O–H groups in total. The van der Waals surface area contributed by atoms with Crippen molar-refractivity contribution in [1.29, 1.82) is 0 Å². The molecule has 26 heavy (non-hydrogen) atoms.